The number of nitrogens with zero attached hydrogens (tertiary/aromatic N) is 3. The van der Waals surface area contributed by atoms with Gasteiger partial charge in [-0.3, -0.25) is 0 Å². The lowest BCUT2D eigenvalue weighted by atomic mass is 9.37. The van der Waals surface area contributed by atoms with Crippen LogP contribution in [0.4, 0.5) is 0 Å². The fraction of sp³-hybridized carbons (Fsp3) is 0. The Hall–Kier alpha value is -7.55. The predicted octanol–water partition coefficient (Wildman–Crippen LogP) is 14.8. The lowest BCUT2D eigenvalue weighted by molar-refractivity contribution is 1.48. The van der Waals surface area contributed by atoms with Gasteiger partial charge in [-0.15, -0.1) is 34.0 Å². The van der Waals surface area contributed by atoms with Gasteiger partial charge in [-0.1, -0.05) is 211 Å². The van der Waals surface area contributed by atoms with E-state index >= 15 is 0 Å². The van der Waals surface area contributed by atoms with E-state index in [9.17, 15) is 0 Å². The van der Waals surface area contributed by atoms with Gasteiger partial charge in [0.15, 0.2) is 0 Å². The smallest absolute Gasteiger partial charge is 0.236 e. The van der Waals surface area contributed by atoms with Gasteiger partial charge in [0, 0.05) is 38.2 Å². The van der Waals surface area contributed by atoms with Gasteiger partial charge < -0.3 is 0 Å². The number of hydrogen-bond donors (Lipinski definition) is 0. The molecule has 0 spiro atoms. The van der Waals surface area contributed by atoms with Crippen LogP contribution < -0.4 is 16.4 Å². The van der Waals surface area contributed by atoms with Gasteiger partial charge in [0.1, 0.15) is 15.0 Å². The largest absolute Gasteiger partial charge is 0.241 e. The van der Waals surface area contributed by atoms with Crippen molar-refractivity contribution >= 4 is 142 Å². The van der Waals surface area contributed by atoms with E-state index in [0.717, 1.165) is 48.3 Å². The highest BCUT2D eigenvalue weighted by Crippen LogP contribution is 2.42. The average Bonchev–Trinajstić information content (AvgIpc) is 4.15. The summed E-state index contributed by atoms with van der Waals surface area (Å²) in [4.78, 5) is 15.7. The molecule has 0 bridgehead atoms. The number of thiazole rings is 3. The van der Waals surface area contributed by atoms with Crippen LogP contribution in [0.2, 0.25) is 0 Å². The number of benzene rings is 11. The Bertz CT molecular complexity index is 3830. The summed E-state index contributed by atoms with van der Waals surface area (Å²) in [6, 6.07) is 75.1. The molecule has 0 unspecified atom stereocenters. The first-order valence-corrected chi connectivity index (χ1v) is 24.6. The van der Waals surface area contributed by atoms with Crippen LogP contribution in [-0.2, 0) is 0 Å². The van der Waals surface area contributed by atoms with Gasteiger partial charge in [0.25, 0.3) is 0 Å². The van der Waals surface area contributed by atoms with Crippen molar-refractivity contribution in [3.8, 4) is 31.7 Å². The van der Waals surface area contributed by atoms with Crippen molar-refractivity contribution in [2.75, 3.05) is 0 Å². The molecule has 11 aromatic carbocycles. The molecule has 306 valence electrons. The fourth-order valence-corrected chi connectivity index (χ4v) is 13.3. The number of rotatable bonds is 6. The summed E-state index contributed by atoms with van der Waals surface area (Å²) < 4.78 is 3.67. The third kappa shape index (κ3) is 6.05. The minimum absolute atomic E-state index is 0.00525. The van der Waals surface area contributed by atoms with Crippen molar-refractivity contribution < 1.29 is 0 Å². The van der Waals surface area contributed by atoms with Crippen LogP contribution in [0.15, 0.2) is 206 Å². The molecule has 0 amide bonds. The van der Waals surface area contributed by atoms with Crippen LogP contribution >= 0.6 is 34.0 Å². The molecule has 3 nitrogen and oxygen atoms in total. The first-order chi connectivity index (χ1) is 32.7. The maximum Gasteiger partial charge on any atom is 0.241 e. The maximum atomic E-state index is 5.32. The Labute approximate surface area is 392 Å². The van der Waals surface area contributed by atoms with Crippen molar-refractivity contribution in [1.82, 2.24) is 15.0 Å². The molecule has 0 saturated heterocycles. The number of fused-ring (bicyclic) bond motifs is 14. The normalized spacial score (nSPS) is 11.9. The molecule has 0 atom stereocenters. The summed E-state index contributed by atoms with van der Waals surface area (Å²) in [5, 5.41) is 15.5. The second kappa shape index (κ2) is 15.0. The second-order valence-electron chi connectivity index (χ2n) is 17.1. The summed E-state index contributed by atoms with van der Waals surface area (Å²) in [6.07, 6.45) is 0. The van der Waals surface area contributed by atoms with E-state index in [1.807, 2.05) is 0 Å². The van der Waals surface area contributed by atoms with E-state index < -0.39 is 0 Å². The second-order valence-corrected chi connectivity index (χ2v) is 20.1. The van der Waals surface area contributed by atoms with Crippen LogP contribution in [0.25, 0.3) is 116 Å². The molecule has 3 aromatic heterocycles. The predicted molar refractivity (Wildman–Crippen MR) is 287 cm³/mol. The molecule has 0 aliphatic heterocycles. The molecule has 0 radical (unpaired) electrons. The molecule has 14 aromatic rings. The molecule has 0 aliphatic carbocycles. The summed E-state index contributed by atoms with van der Waals surface area (Å²) in [6.45, 7) is -0.00525. The van der Waals surface area contributed by atoms with Crippen molar-refractivity contribution in [2.45, 2.75) is 0 Å². The minimum Gasteiger partial charge on any atom is -0.236 e. The van der Waals surface area contributed by atoms with E-state index in [2.05, 4.69) is 206 Å². The van der Waals surface area contributed by atoms with Crippen LogP contribution in [0.3, 0.4) is 0 Å². The SMILES string of the molecule is c1ccc2cc3sc(-c4ccc(B(c5ccc(-c6nc7c8ccccc8c8ccccc8c7s6)cc5)c5ccc(-c6nc7c8ccccc8c8ccccc8c7s6)cc5)cc4)nc3cc2c1. The summed E-state index contributed by atoms with van der Waals surface area (Å²) in [5.74, 6) is 0. The molecule has 0 N–H and O–H groups in total. The number of aromatic nitrogens is 3. The topological polar surface area (TPSA) is 38.7 Å². The van der Waals surface area contributed by atoms with Crippen molar-refractivity contribution in [2.24, 2.45) is 0 Å². The zero-order valence-electron chi connectivity index (χ0n) is 35.3. The molecular formula is C59H34BN3S3. The highest BCUT2D eigenvalue weighted by molar-refractivity contribution is 7.23. The molecule has 0 fully saturated rings. The van der Waals surface area contributed by atoms with Crippen LogP contribution in [-0.4, -0.2) is 21.7 Å². The van der Waals surface area contributed by atoms with E-state index in [4.69, 9.17) is 15.0 Å². The van der Waals surface area contributed by atoms with Gasteiger partial charge in [0.2, 0.25) is 6.71 Å². The third-order valence-corrected chi connectivity index (χ3v) is 16.6. The van der Waals surface area contributed by atoms with Crippen LogP contribution in [0.1, 0.15) is 0 Å². The van der Waals surface area contributed by atoms with Crippen LogP contribution in [0, 0.1) is 0 Å². The van der Waals surface area contributed by atoms with E-state index in [1.54, 1.807) is 34.0 Å². The average molecular weight is 892 g/mol. The van der Waals surface area contributed by atoms with Gasteiger partial charge in [-0.05, 0) is 44.5 Å². The van der Waals surface area contributed by atoms with Crippen LogP contribution in [0.5, 0.6) is 0 Å². The highest BCUT2D eigenvalue weighted by Gasteiger charge is 2.24. The van der Waals surface area contributed by atoms with E-state index in [-0.39, 0.29) is 6.71 Å². The molecule has 0 aliphatic rings. The maximum absolute atomic E-state index is 5.32. The minimum atomic E-state index is -0.00525. The van der Waals surface area contributed by atoms with Gasteiger partial charge in [-0.25, -0.2) is 15.0 Å². The Kier molecular flexibility index (Phi) is 8.59. The molecule has 0 saturated carbocycles. The summed E-state index contributed by atoms with van der Waals surface area (Å²) in [7, 11) is 0. The molecular weight excluding hydrogens is 858 g/mol. The zero-order chi connectivity index (χ0) is 43.3. The molecule has 7 heteroatoms. The fourth-order valence-electron chi connectivity index (χ4n) is 10.1. The Morgan fingerprint density at radius 1 is 0.303 bits per heavy atom. The van der Waals surface area contributed by atoms with Gasteiger partial charge in [0.05, 0.1) is 30.6 Å². The summed E-state index contributed by atoms with van der Waals surface area (Å²) in [5.41, 5.74) is 10.2. The standard InChI is InChI=1S/C59H34BN3S3/c1-2-12-39-34-52-51(33-38(39)11-1)61-57(64-52)35-21-27-40(28-22-35)60(41-29-23-36(24-30-41)58-62-53-47-17-7-3-13-43(47)45-15-5-9-19-49(45)55(53)65-58)42-31-25-37(26-32-42)59-63-54-48-18-8-4-14-44(48)46-16-6-10-20-50(46)56(54)66-59/h1-34H. The Balaban J connectivity index is 0.863. The van der Waals surface area contributed by atoms with E-state index in [1.165, 1.54) is 84.4 Å². The molecule has 3 heterocycles. The molecule has 66 heavy (non-hydrogen) atoms. The van der Waals surface area contributed by atoms with Crippen molar-refractivity contribution in [3.05, 3.63) is 206 Å². The Morgan fingerprint density at radius 2 is 0.652 bits per heavy atom. The summed E-state index contributed by atoms with van der Waals surface area (Å²) >= 11 is 5.32. The van der Waals surface area contributed by atoms with Gasteiger partial charge in [-0.2, -0.15) is 0 Å². The lowest BCUT2D eigenvalue weighted by Gasteiger charge is -2.17. The monoisotopic (exact) mass is 891 g/mol. The molecule has 14 rings (SSSR count). The third-order valence-electron chi connectivity index (χ3n) is 13.3. The highest BCUT2D eigenvalue weighted by atomic mass is 32.1. The zero-order valence-corrected chi connectivity index (χ0v) is 37.7. The number of hydrogen-bond acceptors (Lipinski definition) is 6. The van der Waals surface area contributed by atoms with E-state index in [0.29, 0.717) is 0 Å². The quantitative estimate of drug-likeness (QED) is 0.123. The lowest BCUT2D eigenvalue weighted by Crippen LogP contribution is -2.51. The van der Waals surface area contributed by atoms with Crippen molar-refractivity contribution in [1.29, 1.82) is 0 Å². The first kappa shape index (κ1) is 37.8. The van der Waals surface area contributed by atoms with Gasteiger partial charge >= 0.3 is 0 Å². The Morgan fingerprint density at radius 3 is 1.09 bits per heavy atom. The first-order valence-electron chi connectivity index (χ1n) is 22.2. The van der Waals surface area contributed by atoms with Crippen molar-refractivity contribution in [3.63, 3.8) is 0 Å².